The Kier molecular flexibility index (Phi) is 7.64. The van der Waals surface area contributed by atoms with Crippen LogP contribution in [0.2, 0.25) is 0 Å². The number of Topliss-reactive ketones (excluding diaryl/α,β-unsaturated/α-hetero) is 1. The number of benzene rings is 3. The molecule has 1 aliphatic heterocycles. The number of rotatable bonds is 8. The second-order valence-corrected chi connectivity index (χ2v) is 9.88. The van der Waals surface area contributed by atoms with Crippen LogP contribution in [0.1, 0.15) is 48.1 Å². The van der Waals surface area contributed by atoms with Crippen LogP contribution >= 0.6 is 0 Å². The number of pyridine rings is 1. The van der Waals surface area contributed by atoms with Gasteiger partial charge in [-0.1, -0.05) is 44.2 Å². The van der Waals surface area contributed by atoms with Crippen LogP contribution in [0.3, 0.4) is 0 Å². The molecule has 1 unspecified atom stereocenters. The van der Waals surface area contributed by atoms with Gasteiger partial charge in [-0.15, -0.1) is 0 Å². The number of hydrogen-bond donors (Lipinski definition) is 1. The van der Waals surface area contributed by atoms with Crippen LogP contribution in [-0.2, 0) is 16.1 Å². The number of amides is 1. The average Bonchev–Trinajstić information content (AvgIpc) is 3.22. The van der Waals surface area contributed by atoms with Crippen LogP contribution < -0.4 is 9.47 Å². The number of ether oxygens (including phenoxy) is 2. The van der Waals surface area contributed by atoms with Gasteiger partial charge < -0.3 is 19.5 Å². The van der Waals surface area contributed by atoms with E-state index in [9.17, 15) is 14.7 Å². The van der Waals surface area contributed by atoms with Crippen molar-refractivity contribution >= 4 is 17.4 Å². The summed E-state index contributed by atoms with van der Waals surface area (Å²) in [7, 11) is 1.59. The largest absolute Gasteiger partial charge is 0.507 e. The lowest BCUT2D eigenvalue weighted by molar-refractivity contribution is -0.140. The Bertz CT molecular complexity index is 1560. The Morgan fingerprint density at radius 3 is 2.35 bits per heavy atom. The summed E-state index contributed by atoms with van der Waals surface area (Å²) in [6.45, 7) is 4.21. The number of ketones is 1. The highest BCUT2D eigenvalue weighted by Gasteiger charge is 2.46. The van der Waals surface area contributed by atoms with Gasteiger partial charge in [0, 0.05) is 24.5 Å². The van der Waals surface area contributed by atoms with Gasteiger partial charge in [0.05, 0.1) is 18.7 Å². The molecule has 3 aromatic carbocycles. The molecule has 2 heterocycles. The average molecular weight is 535 g/mol. The van der Waals surface area contributed by atoms with E-state index >= 15 is 0 Å². The van der Waals surface area contributed by atoms with Crippen molar-refractivity contribution < 1.29 is 24.2 Å². The molecule has 0 saturated carbocycles. The molecule has 7 heteroatoms. The molecule has 1 aliphatic rings. The summed E-state index contributed by atoms with van der Waals surface area (Å²) in [5, 5.41) is 11.6. The minimum Gasteiger partial charge on any atom is -0.507 e. The lowest BCUT2D eigenvalue weighted by Crippen LogP contribution is -2.29. The summed E-state index contributed by atoms with van der Waals surface area (Å²) in [4.78, 5) is 32.5. The van der Waals surface area contributed by atoms with E-state index in [2.05, 4.69) is 4.98 Å². The molecule has 0 spiro atoms. The van der Waals surface area contributed by atoms with Crippen molar-refractivity contribution in [1.29, 1.82) is 0 Å². The van der Waals surface area contributed by atoms with Gasteiger partial charge in [0.1, 0.15) is 23.0 Å². The number of aliphatic hydroxyl groups excluding tert-OH is 1. The van der Waals surface area contributed by atoms with E-state index in [0.29, 0.717) is 28.4 Å². The van der Waals surface area contributed by atoms with Crippen LogP contribution in [0, 0.1) is 0 Å². The Morgan fingerprint density at radius 2 is 1.65 bits per heavy atom. The molecule has 0 radical (unpaired) electrons. The summed E-state index contributed by atoms with van der Waals surface area (Å²) in [5.41, 5.74) is 2.79. The number of nitrogens with zero attached hydrogens (tertiary/aromatic N) is 2. The Labute approximate surface area is 233 Å². The molecule has 202 valence electrons. The monoisotopic (exact) mass is 534 g/mol. The van der Waals surface area contributed by atoms with Crippen molar-refractivity contribution in [3.63, 3.8) is 0 Å². The Balaban J connectivity index is 1.64. The quantitative estimate of drug-likeness (QED) is 0.155. The standard InChI is InChI=1S/C33H30N2O5/c1-21(2)27-19-24(12-13-28(27)39-3)31(36)29-30(35(33(38)32(29)37)20-22-14-16-34-17-15-22)23-8-7-11-26(18-23)40-25-9-5-4-6-10-25/h4-19,21,30,36H,20H2,1-3H3/b31-29+. The summed E-state index contributed by atoms with van der Waals surface area (Å²) < 4.78 is 11.5. The van der Waals surface area contributed by atoms with Gasteiger partial charge in [-0.05, 0) is 77.2 Å². The maximum Gasteiger partial charge on any atom is 0.295 e. The first-order valence-corrected chi connectivity index (χ1v) is 13.1. The molecule has 7 nitrogen and oxygen atoms in total. The van der Waals surface area contributed by atoms with Gasteiger partial charge in [0.2, 0.25) is 0 Å². The number of hydrogen-bond acceptors (Lipinski definition) is 6. The van der Waals surface area contributed by atoms with E-state index in [0.717, 1.165) is 11.1 Å². The lowest BCUT2D eigenvalue weighted by atomic mass is 9.93. The molecule has 0 aliphatic carbocycles. The second kappa shape index (κ2) is 11.5. The fraction of sp³-hybridized carbons (Fsp3) is 0.182. The number of para-hydroxylation sites is 1. The van der Waals surface area contributed by atoms with Crippen molar-refractivity contribution in [1.82, 2.24) is 9.88 Å². The number of aliphatic hydroxyl groups is 1. The first-order valence-electron chi connectivity index (χ1n) is 13.1. The van der Waals surface area contributed by atoms with E-state index in [1.807, 2.05) is 62.4 Å². The summed E-state index contributed by atoms with van der Waals surface area (Å²) in [6.07, 6.45) is 3.28. The molecular weight excluding hydrogens is 504 g/mol. The molecule has 0 bridgehead atoms. The molecule has 4 aromatic rings. The number of aromatic nitrogens is 1. The van der Waals surface area contributed by atoms with Gasteiger partial charge in [0.25, 0.3) is 11.7 Å². The molecule has 1 amide bonds. The Hall–Kier alpha value is -4.91. The predicted octanol–water partition coefficient (Wildman–Crippen LogP) is 6.63. The molecule has 1 fully saturated rings. The van der Waals surface area contributed by atoms with Crippen molar-refractivity contribution in [3.05, 3.63) is 125 Å². The van der Waals surface area contributed by atoms with Crippen LogP contribution in [0.15, 0.2) is 103 Å². The first kappa shape index (κ1) is 26.7. The highest BCUT2D eigenvalue weighted by Crippen LogP contribution is 2.42. The maximum absolute atomic E-state index is 13.5. The first-order chi connectivity index (χ1) is 19.4. The molecule has 40 heavy (non-hydrogen) atoms. The Morgan fingerprint density at radius 1 is 0.925 bits per heavy atom. The summed E-state index contributed by atoms with van der Waals surface area (Å²) in [6, 6.07) is 24.6. The highest BCUT2D eigenvalue weighted by molar-refractivity contribution is 6.46. The number of carbonyl (C=O) groups excluding carboxylic acids is 2. The summed E-state index contributed by atoms with van der Waals surface area (Å²) in [5.74, 6) is 0.337. The zero-order valence-corrected chi connectivity index (χ0v) is 22.6. The molecule has 5 rings (SSSR count). The van der Waals surface area contributed by atoms with Crippen molar-refractivity contribution in [2.45, 2.75) is 32.4 Å². The van der Waals surface area contributed by atoms with E-state index in [1.54, 1.807) is 55.9 Å². The van der Waals surface area contributed by atoms with E-state index in [-0.39, 0.29) is 23.8 Å². The topological polar surface area (TPSA) is 89.0 Å². The van der Waals surface area contributed by atoms with Crippen molar-refractivity contribution in [2.24, 2.45) is 0 Å². The molecular formula is C33H30N2O5. The molecule has 1 N–H and O–H groups in total. The third-order valence-electron chi connectivity index (χ3n) is 6.92. The third kappa shape index (κ3) is 5.31. The highest BCUT2D eigenvalue weighted by atomic mass is 16.5. The van der Waals surface area contributed by atoms with Gasteiger partial charge in [-0.2, -0.15) is 0 Å². The van der Waals surface area contributed by atoms with E-state index in [4.69, 9.17) is 9.47 Å². The number of carbonyl (C=O) groups is 2. The van der Waals surface area contributed by atoms with Crippen molar-refractivity contribution in [2.75, 3.05) is 7.11 Å². The smallest absolute Gasteiger partial charge is 0.295 e. The van der Waals surface area contributed by atoms with Crippen LogP contribution in [-0.4, -0.2) is 33.8 Å². The number of likely N-dealkylation sites (tertiary alicyclic amines) is 1. The number of methoxy groups -OCH3 is 1. The van der Waals surface area contributed by atoms with Crippen LogP contribution in [0.25, 0.3) is 5.76 Å². The SMILES string of the molecule is COc1ccc(/C(O)=C2\C(=O)C(=O)N(Cc3ccncc3)C2c2cccc(Oc3ccccc3)c2)cc1C(C)C. The molecule has 1 aromatic heterocycles. The van der Waals surface area contributed by atoms with Crippen LogP contribution in [0.4, 0.5) is 0 Å². The predicted molar refractivity (Wildman–Crippen MR) is 152 cm³/mol. The van der Waals surface area contributed by atoms with E-state index in [1.165, 1.54) is 4.90 Å². The minimum absolute atomic E-state index is 0.0239. The molecule has 1 saturated heterocycles. The van der Waals surface area contributed by atoms with E-state index < -0.39 is 17.7 Å². The fourth-order valence-electron chi connectivity index (χ4n) is 4.94. The molecule has 1 atom stereocenters. The maximum atomic E-state index is 13.5. The van der Waals surface area contributed by atoms with Gasteiger partial charge in [-0.25, -0.2) is 0 Å². The normalized spacial score (nSPS) is 16.4. The zero-order valence-electron chi connectivity index (χ0n) is 22.6. The van der Waals surface area contributed by atoms with Crippen LogP contribution in [0.5, 0.6) is 17.2 Å². The zero-order chi connectivity index (χ0) is 28.2. The van der Waals surface area contributed by atoms with Crippen molar-refractivity contribution in [3.8, 4) is 17.2 Å². The third-order valence-corrected chi connectivity index (χ3v) is 6.92. The van der Waals surface area contributed by atoms with Gasteiger partial charge in [0.15, 0.2) is 0 Å². The summed E-state index contributed by atoms with van der Waals surface area (Å²) >= 11 is 0. The van der Waals surface area contributed by atoms with Gasteiger partial charge >= 0.3 is 0 Å². The minimum atomic E-state index is -0.836. The second-order valence-electron chi connectivity index (χ2n) is 9.88. The lowest BCUT2D eigenvalue weighted by Gasteiger charge is -2.26. The fourth-order valence-corrected chi connectivity index (χ4v) is 4.94. The van der Waals surface area contributed by atoms with Gasteiger partial charge in [-0.3, -0.25) is 14.6 Å².